The molecule has 8 saturated carbocycles. The SMILES string of the molecule is CC(C)(c1cccc(C#CC23CC4CC(CC(C4)C2)C3)c1C(=O)O)c1cccc(C#CC23CC4CC(CC(C4)C2)C3)c1C(=O)O. The zero-order valence-corrected chi connectivity index (χ0v) is 26.6. The third-order valence-corrected chi connectivity index (χ3v) is 12.9. The number of benzene rings is 2. The molecule has 2 N–H and O–H groups in total. The maximum Gasteiger partial charge on any atom is 0.337 e. The van der Waals surface area contributed by atoms with Gasteiger partial charge in [0.05, 0.1) is 11.1 Å². The minimum absolute atomic E-state index is 0.0101. The lowest BCUT2D eigenvalue weighted by Crippen LogP contribution is -2.45. The molecule has 0 spiro atoms. The summed E-state index contributed by atoms with van der Waals surface area (Å²) in [7, 11) is 0. The van der Waals surface area contributed by atoms with Gasteiger partial charge >= 0.3 is 11.9 Å². The fourth-order valence-electron chi connectivity index (χ4n) is 11.9. The first-order valence-corrected chi connectivity index (χ1v) is 17.3. The Bertz CT molecular complexity index is 1520. The summed E-state index contributed by atoms with van der Waals surface area (Å²) in [5, 5.41) is 21.2. The first kappa shape index (κ1) is 28.9. The van der Waals surface area contributed by atoms with Crippen LogP contribution >= 0.6 is 0 Å². The van der Waals surface area contributed by atoms with Crippen molar-refractivity contribution >= 4 is 11.9 Å². The van der Waals surface area contributed by atoms with Crippen LogP contribution in [0.3, 0.4) is 0 Å². The fourth-order valence-corrected chi connectivity index (χ4v) is 11.9. The summed E-state index contributed by atoms with van der Waals surface area (Å²) in [5.41, 5.74) is 1.70. The molecule has 0 heterocycles. The Morgan fingerprint density at radius 1 is 0.600 bits per heavy atom. The van der Waals surface area contributed by atoms with Crippen molar-refractivity contribution in [3.63, 3.8) is 0 Å². The topological polar surface area (TPSA) is 74.6 Å². The van der Waals surface area contributed by atoms with Crippen molar-refractivity contribution in [2.45, 2.75) is 96.3 Å². The molecule has 4 nitrogen and oxygen atoms in total. The van der Waals surface area contributed by atoms with E-state index < -0.39 is 17.4 Å². The molecule has 8 aliphatic carbocycles. The second kappa shape index (κ2) is 10.3. The molecule has 0 unspecified atom stereocenters. The molecule has 2 aromatic rings. The normalized spacial score (nSPS) is 35.3. The Morgan fingerprint density at radius 3 is 1.20 bits per heavy atom. The van der Waals surface area contributed by atoms with Gasteiger partial charge in [0.15, 0.2) is 0 Å². The predicted molar refractivity (Wildman–Crippen MR) is 174 cm³/mol. The molecule has 0 saturated heterocycles. The zero-order valence-electron chi connectivity index (χ0n) is 26.6. The molecular weight excluding hydrogens is 556 g/mol. The molecule has 8 aliphatic rings. The Kier molecular flexibility index (Phi) is 6.59. The Hall–Kier alpha value is -3.50. The highest BCUT2D eigenvalue weighted by Crippen LogP contribution is 2.61. The van der Waals surface area contributed by atoms with E-state index in [1.54, 1.807) is 0 Å². The van der Waals surface area contributed by atoms with Crippen LogP contribution in [0.25, 0.3) is 0 Å². The van der Waals surface area contributed by atoms with E-state index in [9.17, 15) is 19.8 Å². The minimum atomic E-state index is -1.02. The van der Waals surface area contributed by atoms with Crippen molar-refractivity contribution in [3.8, 4) is 23.7 Å². The van der Waals surface area contributed by atoms with Gasteiger partial charge in [-0.1, -0.05) is 61.8 Å². The number of hydrogen-bond acceptors (Lipinski definition) is 2. The highest BCUT2D eigenvalue weighted by molar-refractivity contribution is 5.95. The van der Waals surface area contributed by atoms with Gasteiger partial charge in [0.1, 0.15) is 0 Å². The lowest BCUT2D eigenvalue weighted by Gasteiger charge is -2.54. The molecule has 0 aliphatic heterocycles. The smallest absolute Gasteiger partial charge is 0.337 e. The number of aromatic carboxylic acids is 2. The van der Waals surface area contributed by atoms with Crippen molar-refractivity contribution in [2.75, 3.05) is 0 Å². The number of carboxylic acids is 2. The van der Waals surface area contributed by atoms with Crippen molar-refractivity contribution in [2.24, 2.45) is 46.3 Å². The van der Waals surface area contributed by atoms with Crippen LogP contribution in [0.15, 0.2) is 36.4 Å². The summed E-state index contributed by atoms with van der Waals surface area (Å²) in [5.74, 6) is 16.6. The zero-order chi connectivity index (χ0) is 31.1. The monoisotopic (exact) mass is 600 g/mol. The second-order valence-corrected chi connectivity index (χ2v) is 16.6. The van der Waals surface area contributed by atoms with Crippen LogP contribution in [0.1, 0.15) is 134 Å². The van der Waals surface area contributed by atoms with Gasteiger partial charge in [-0.05, 0) is 136 Å². The highest BCUT2D eigenvalue weighted by Gasteiger charge is 2.51. The average Bonchev–Trinajstić information content (AvgIpc) is 2.97. The molecule has 8 bridgehead atoms. The molecule has 0 amide bonds. The van der Waals surface area contributed by atoms with Gasteiger partial charge in [-0.2, -0.15) is 0 Å². The first-order valence-electron chi connectivity index (χ1n) is 17.3. The number of hydrogen-bond donors (Lipinski definition) is 2. The number of carboxylic acid groups (broad SMARTS) is 2. The first-order chi connectivity index (χ1) is 21.5. The van der Waals surface area contributed by atoms with Crippen LogP contribution < -0.4 is 0 Å². The predicted octanol–water partition coefficient (Wildman–Crippen LogP) is 8.54. The molecule has 232 valence electrons. The van der Waals surface area contributed by atoms with Crippen molar-refractivity contribution in [1.82, 2.24) is 0 Å². The summed E-state index contributed by atoms with van der Waals surface area (Å²) < 4.78 is 0. The van der Waals surface area contributed by atoms with E-state index in [4.69, 9.17) is 0 Å². The van der Waals surface area contributed by atoms with Gasteiger partial charge in [0.25, 0.3) is 0 Å². The van der Waals surface area contributed by atoms with E-state index in [2.05, 4.69) is 23.7 Å². The fraction of sp³-hybridized carbons (Fsp3) is 0.561. The average molecular weight is 601 g/mol. The maximum atomic E-state index is 12.9. The Balaban J connectivity index is 1.17. The third-order valence-electron chi connectivity index (χ3n) is 12.9. The Labute approximate surface area is 267 Å². The summed E-state index contributed by atoms with van der Waals surface area (Å²) in [4.78, 5) is 25.9. The summed E-state index contributed by atoms with van der Waals surface area (Å²) in [6.45, 7) is 3.87. The quantitative estimate of drug-likeness (QED) is 0.345. The molecule has 4 heteroatoms. The van der Waals surface area contributed by atoms with E-state index >= 15 is 0 Å². The number of rotatable bonds is 4. The van der Waals surface area contributed by atoms with Crippen LogP contribution in [0.5, 0.6) is 0 Å². The molecule has 10 rings (SSSR count). The summed E-state index contributed by atoms with van der Waals surface area (Å²) in [6, 6.07) is 11.1. The second-order valence-electron chi connectivity index (χ2n) is 16.6. The standard InChI is InChI=1S/C41H44O4/c1-39(2,33-7-3-5-31(35(33)37(42)43)9-11-40-19-25-13-26(20-40)15-27(14-25)21-40)34-8-4-6-32(36(34)38(44)45)10-12-41-22-28-16-29(23-41)18-30(17-28)24-41/h3-8,25-30H,13-24H2,1-2H3,(H,42,43)(H,44,45). The summed E-state index contributed by atoms with van der Waals surface area (Å²) >= 11 is 0. The van der Waals surface area contributed by atoms with Crippen molar-refractivity contribution in [3.05, 3.63) is 69.8 Å². The molecule has 0 aromatic heterocycles. The van der Waals surface area contributed by atoms with Gasteiger partial charge < -0.3 is 10.2 Å². The van der Waals surface area contributed by atoms with Crippen LogP contribution in [0.4, 0.5) is 0 Å². The molecule has 45 heavy (non-hydrogen) atoms. The van der Waals surface area contributed by atoms with Gasteiger partial charge in [0, 0.05) is 27.4 Å². The summed E-state index contributed by atoms with van der Waals surface area (Å²) in [6.07, 6.45) is 14.8. The number of carbonyl (C=O) groups is 2. The van der Waals surface area contributed by atoms with E-state index in [-0.39, 0.29) is 22.0 Å². The van der Waals surface area contributed by atoms with E-state index in [0.717, 1.165) is 74.0 Å². The van der Waals surface area contributed by atoms with Crippen molar-refractivity contribution in [1.29, 1.82) is 0 Å². The molecule has 2 aromatic carbocycles. The van der Waals surface area contributed by atoms with E-state index in [1.807, 2.05) is 50.2 Å². The molecule has 0 radical (unpaired) electrons. The van der Waals surface area contributed by atoms with Gasteiger partial charge in [0.2, 0.25) is 0 Å². The maximum absolute atomic E-state index is 12.9. The largest absolute Gasteiger partial charge is 0.478 e. The lowest BCUT2D eigenvalue weighted by atomic mass is 9.50. The molecule has 0 atom stereocenters. The Morgan fingerprint density at radius 2 is 0.911 bits per heavy atom. The molecular formula is C41H44O4. The van der Waals surface area contributed by atoms with Crippen LogP contribution in [-0.4, -0.2) is 22.2 Å². The van der Waals surface area contributed by atoms with Gasteiger partial charge in [-0.25, -0.2) is 9.59 Å². The lowest BCUT2D eigenvalue weighted by molar-refractivity contribution is -0.0182. The van der Waals surface area contributed by atoms with Gasteiger partial charge in [-0.15, -0.1) is 0 Å². The van der Waals surface area contributed by atoms with E-state index in [1.165, 1.54) is 38.5 Å². The minimum Gasteiger partial charge on any atom is -0.478 e. The van der Waals surface area contributed by atoms with Crippen LogP contribution in [0.2, 0.25) is 0 Å². The van der Waals surface area contributed by atoms with E-state index in [0.29, 0.717) is 22.3 Å². The van der Waals surface area contributed by atoms with Crippen molar-refractivity contribution < 1.29 is 19.8 Å². The van der Waals surface area contributed by atoms with Crippen LogP contribution in [0, 0.1) is 70.0 Å². The third kappa shape index (κ3) is 4.92. The highest BCUT2D eigenvalue weighted by atomic mass is 16.4. The molecule has 8 fully saturated rings. The van der Waals surface area contributed by atoms with Gasteiger partial charge in [-0.3, -0.25) is 0 Å². The van der Waals surface area contributed by atoms with Crippen LogP contribution in [-0.2, 0) is 5.41 Å².